The highest BCUT2D eigenvalue weighted by Crippen LogP contribution is 2.44. The van der Waals surface area contributed by atoms with Crippen molar-refractivity contribution >= 4 is 21.6 Å². The lowest BCUT2D eigenvalue weighted by Gasteiger charge is -2.38. The van der Waals surface area contributed by atoms with Crippen LogP contribution in [0.25, 0.3) is 5.65 Å². The molecule has 0 saturated carbocycles. The number of alkyl halides is 3. The predicted octanol–water partition coefficient (Wildman–Crippen LogP) is 4.71. The SMILES string of the molecule is Cc1ccc([C@@H](c2ccn3c(C(F)(F)F)nnc3c2C)C(C)(C)C(=O)O)cc1CN1CC2(CCNCC2)Oc2ncccc2S1(=O)=O. The Bertz CT molecular complexity index is 1970. The maximum absolute atomic E-state index is 14.1. The number of carboxylic acid groups (broad SMARTS) is 1. The molecule has 1 spiro atoms. The maximum atomic E-state index is 14.1. The minimum atomic E-state index is -4.74. The number of aromatic nitrogens is 4. The number of benzene rings is 1. The second-order valence-corrected chi connectivity index (χ2v) is 14.8. The highest BCUT2D eigenvalue weighted by atomic mass is 32.2. The fraction of sp³-hybridized carbons (Fsp3) is 0.438. The van der Waals surface area contributed by atoms with Gasteiger partial charge in [0.15, 0.2) is 5.65 Å². The van der Waals surface area contributed by atoms with Crippen molar-refractivity contribution in [2.45, 2.75) is 69.7 Å². The van der Waals surface area contributed by atoms with Crippen molar-refractivity contribution in [3.63, 3.8) is 0 Å². The van der Waals surface area contributed by atoms with E-state index in [2.05, 4.69) is 20.5 Å². The van der Waals surface area contributed by atoms with E-state index in [1.165, 1.54) is 28.8 Å². The molecule has 15 heteroatoms. The summed E-state index contributed by atoms with van der Waals surface area (Å²) in [6, 6.07) is 9.87. The van der Waals surface area contributed by atoms with E-state index >= 15 is 0 Å². The standard InChI is InChI=1S/C32H35F3N6O5S/c1-19-7-8-21(25(30(3,4)29(42)43)23-9-15-41-26(20(23)2)38-39-28(41)32(33,34)35)16-22(19)17-40-18-31(10-13-36-14-11-31)46-27-24(47(40,44)45)6-5-12-37-27/h5-9,12,15-16,25,36H,10-11,13-14,17-18H2,1-4H3,(H,42,43)/t25-/m0/s1. The van der Waals surface area contributed by atoms with Crippen LogP contribution in [0.4, 0.5) is 13.2 Å². The van der Waals surface area contributed by atoms with Gasteiger partial charge in [-0.1, -0.05) is 18.2 Å². The highest BCUT2D eigenvalue weighted by Gasteiger charge is 2.46. The predicted molar refractivity (Wildman–Crippen MR) is 164 cm³/mol. The van der Waals surface area contributed by atoms with Gasteiger partial charge in [0.2, 0.25) is 21.7 Å². The van der Waals surface area contributed by atoms with Crippen LogP contribution >= 0.6 is 0 Å². The molecule has 2 aliphatic heterocycles. The van der Waals surface area contributed by atoms with Gasteiger partial charge in [-0.2, -0.15) is 17.5 Å². The zero-order valence-electron chi connectivity index (χ0n) is 26.3. The number of hydrogen-bond donors (Lipinski definition) is 2. The number of aliphatic carboxylic acids is 1. The molecule has 2 aliphatic rings. The Morgan fingerprint density at radius 1 is 1.13 bits per heavy atom. The van der Waals surface area contributed by atoms with Crippen LogP contribution in [0, 0.1) is 19.3 Å². The molecule has 0 aliphatic carbocycles. The number of halogens is 3. The number of carbonyl (C=O) groups is 1. The van der Waals surface area contributed by atoms with Crippen LogP contribution in [0.2, 0.25) is 0 Å². The summed E-state index contributed by atoms with van der Waals surface area (Å²) in [6.45, 7) is 7.91. The van der Waals surface area contributed by atoms with E-state index in [4.69, 9.17) is 4.74 Å². The fourth-order valence-electron chi connectivity index (χ4n) is 6.66. The van der Waals surface area contributed by atoms with Gasteiger partial charge in [-0.25, -0.2) is 13.4 Å². The smallest absolute Gasteiger partial charge is 0.452 e. The second kappa shape index (κ2) is 11.6. The lowest BCUT2D eigenvalue weighted by atomic mass is 9.70. The third-order valence-corrected chi connectivity index (χ3v) is 11.2. The van der Waals surface area contributed by atoms with Gasteiger partial charge in [-0.05, 0) is 86.8 Å². The van der Waals surface area contributed by atoms with Crippen molar-refractivity contribution in [2.24, 2.45) is 5.41 Å². The molecule has 1 aromatic carbocycles. The molecule has 1 fully saturated rings. The number of nitrogens with zero attached hydrogens (tertiary/aromatic N) is 5. The van der Waals surface area contributed by atoms with Crippen LogP contribution in [0.15, 0.2) is 53.7 Å². The van der Waals surface area contributed by atoms with Crippen molar-refractivity contribution in [1.29, 1.82) is 0 Å². The zero-order chi connectivity index (χ0) is 33.9. The van der Waals surface area contributed by atoms with E-state index in [0.717, 1.165) is 9.96 Å². The molecule has 11 nitrogen and oxygen atoms in total. The molecule has 4 aromatic rings. The molecule has 0 unspecified atom stereocenters. The molecule has 1 atom stereocenters. The van der Waals surface area contributed by atoms with E-state index in [9.17, 15) is 31.5 Å². The van der Waals surface area contributed by atoms with Gasteiger partial charge in [0.05, 0.1) is 12.0 Å². The van der Waals surface area contributed by atoms with E-state index in [0.29, 0.717) is 48.2 Å². The summed E-state index contributed by atoms with van der Waals surface area (Å²) < 4.78 is 77.6. The summed E-state index contributed by atoms with van der Waals surface area (Å²) in [5.74, 6) is -3.08. The van der Waals surface area contributed by atoms with Gasteiger partial charge < -0.3 is 15.2 Å². The molecule has 3 aromatic heterocycles. The quantitative estimate of drug-likeness (QED) is 0.298. The highest BCUT2D eigenvalue weighted by molar-refractivity contribution is 7.89. The Hall–Kier alpha value is -4.08. The number of fused-ring (bicyclic) bond motifs is 2. The Balaban J connectivity index is 1.46. The van der Waals surface area contributed by atoms with Gasteiger partial charge in [-0.15, -0.1) is 10.2 Å². The molecule has 1 saturated heterocycles. The molecule has 47 heavy (non-hydrogen) atoms. The van der Waals surface area contributed by atoms with Crippen LogP contribution in [-0.2, 0) is 27.5 Å². The Kier molecular flexibility index (Phi) is 8.08. The first-order valence-corrected chi connectivity index (χ1v) is 16.6. The lowest BCUT2D eigenvalue weighted by Crippen LogP contribution is -2.53. The van der Waals surface area contributed by atoms with Crippen molar-refractivity contribution in [2.75, 3.05) is 19.6 Å². The summed E-state index contributed by atoms with van der Waals surface area (Å²) in [6.07, 6.45) is -0.887. The number of carboxylic acids is 1. The zero-order valence-corrected chi connectivity index (χ0v) is 27.1. The fourth-order valence-corrected chi connectivity index (χ4v) is 8.22. The summed E-state index contributed by atoms with van der Waals surface area (Å²) in [7, 11) is -4.06. The number of ether oxygens (including phenoxy) is 1. The van der Waals surface area contributed by atoms with Crippen LogP contribution in [-0.4, -0.2) is 68.6 Å². The van der Waals surface area contributed by atoms with E-state index < -0.39 is 44.9 Å². The first-order chi connectivity index (χ1) is 22.0. The van der Waals surface area contributed by atoms with Gasteiger partial charge >= 0.3 is 12.1 Å². The molecule has 2 N–H and O–H groups in total. The number of piperidine rings is 1. The van der Waals surface area contributed by atoms with Crippen LogP contribution in [0.3, 0.4) is 0 Å². The molecular weight excluding hydrogens is 637 g/mol. The number of hydrogen-bond acceptors (Lipinski definition) is 8. The average Bonchev–Trinajstić information content (AvgIpc) is 3.43. The van der Waals surface area contributed by atoms with Crippen LogP contribution in [0.1, 0.15) is 66.2 Å². The van der Waals surface area contributed by atoms with Crippen molar-refractivity contribution in [3.05, 3.63) is 82.4 Å². The van der Waals surface area contributed by atoms with Crippen molar-refractivity contribution < 1.29 is 36.2 Å². The molecule has 0 radical (unpaired) electrons. The molecule has 0 amide bonds. The van der Waals surface area contributed by atoms with Crippen LogP contribution < -0.4 is 10.1 Å². The minimum absolute atomic E-state index is 0.0216. The second-order valence-electron chi connectivity index (χ2n) is 12.9. The van der Waals surface area contributed by atoms with E-state index in [1.807, 2.05) is 6.92 Å². The number of nitrogens with one attached hydrogen (secondary N) is 1. The molecular formula is C32H35F3N6O5S. The number of sulfonamides is 1. The molecule has 250 valence electrons. The third-order valence-electron chi connectivity index (χ3n) is 9.40. The summed E-state index contributed by atoms with van der Waals surface area (Å²) in [4.78, 5) is 16.9. The Morgan fingerprint density at radius 3 is 2.53 bits per heavy atom. The summed E-state index contributed by atoms with van der Waals surface area (Å²) >= 11 is 0. The van der Waals surface area contributed by atoms with Gasteiger partial charge in [-0.3, -0.25) is 9.20 Å². The monoisotopic (exact) mass is 672 g/mol. The van der Waals surface area contributed by atoms with Crippen molar-refractivity contribution in [3.8, 4) is 5.88 Å². The minimum Gasteiger partial charge on any atom is -0.481 e. The van der Waals surface area contributed by atoms with Crippen molar-refractivity contribution in [1.82, 2.24) is 29.2 Å². The molecule has 5 heterocycles. The topological polar surface area (TPSA) is 139 Å². The first kappa shape index (κ1) is 32.8. The number of aryl methyl sites for hydroxylation is 2. The third kappa shape index (κ3) is 5.74. The average molecular weight is 673 g/mol. The summed E-state index contributed by atoms with van der Waals surface area (Å²) in [5.41, 5.74) is 0.533. The largest absolute Gasteiger partial charge is 0.481 e. The Labute approximate surface area is 269 Å². The lowest BCUT2D eigenvalue weighted by molar-refractivity contribution is -0.147. The number of rotatable bonds is 6. The van der Waals surface area contributed by atoms with Gasteiger partial charge in [0.1, 0.15) is 10.5 Å². The van der Waals surface area contributed by atoms with Gasteiger partial charge in [0, 0.05) is 37.7 Å². The van der Waals surface area contributed by atoms with E-state index in [-0.39, 0.29) is 29.5 Å². The van der Waals surface area contributed by atoms with Gasteiger partial charge in [0.25, 0.3) is 0 Å². The van der Waals surface area contributed by atoms with Crippen LogP contribution in [0.5, 0.6) is 5.88 Å². The summed E-state index contributed by atoms with van der Waals surface area (Å²) in [5, 5.41) is 20.8. The number of pyridine rings is 2. The normalized spacial score (nSPS) is 18.8. The van der Waals surface area contributed by atoms with E-state index in [1.54, 1.807) is 45.0 Å². The molecule has 6 rings (SSSR count). The first-order valence-electron chi connectivity index (χ1n) is 15.1. The maximum Gasteiger partial charge on any atom is 0.452 e. The Morgan fingerprint density at radius 2 is 1.85 bits per heavy atom. The molecule has 0 bridgehead atoms.